The van der Waals surface area contributed by atoms with Gasteiger partial charge in [0.1, 0.15) is 11.8 Å². The number of ether oxygens (including phenoxy) is 1. The molecule has 0 heterocycles. The van der Waals surface area contributed by atoms with Gasteiger partial charge in [-0.2, -0.15) is 12.6 Å². The van der Waals surface area contributed by atoms with Crippen LogP contribution in [0.4, 0.5) is 10.5 Å². The first-order chi connectivity index (χ1) is 23.2. The Kier molecular flexibility index (Phi) is 13.9. The minimum absolute atomic E-state index is 0.309. The number of hydrogen-bond donors (Lipinski definition) is 3. The molecule has 48 heavy (non-hydrogen) atoms. The largest absolute Gasteiger partial charge is 0.444 e. The van der Waals surface area contributed by atoms with Crippen LogP contribution in [0.1, 0.15) is 60.9 Å². The van der Waals surface area contributed by atoms with E-state index in [1.54, 1.807) is 0 Å². The van der Waals surface area contributed by atoms with Crippen LogP contribution in [-0.2, 0) is 4.74 Å². The van der Waals surface area contributed by atoms with Crippen LogP contribution in [0.5, 0.6) is 0 Å². The van der Waals surface area contributed by atoms with E-state index in [0.717, 1.165) is 11.3 Å². The molecular weight excluding hydrogens is 611 g/mol. The number of thiol groups is 1. The van der Waals surface area contributed by atoms with Gasteiger partial charge in [0, 0.05) is 12.1 Å². The lowest BCUT2D eigenvalue weighted by Gasteiger charge is -2.29. The molecule has 0 radical (unpaired) electrons. The predicted octanol–water partition coefficient (Wildman–Crippen LogP) is 10.0. The highest BCUT2D eigenvalue weighted by Gasteiger charge is 2.20. The highest BCUT2D eigenvalue weighted by atomic mass is 32.1. The minimum atomic E-state index is -0.556. The number of hydrogen-bond acceptors (Lipinski definition) is 5. The average Bonchev–Trinajstić information content (AvgIpc) is 3.08. The Bertz CT molecular complexity index is 1580. The number of alkyl carbamates (subject to hydrolysis) is 1. The number of anilines is 1. The summed E-state index contributed by atoms with van der Waals surface area (Å²) in [5.41, 5.74) is 10.0. The fourth-order valence-electron chi connectivity index (χ4n) is 5.16. The van der Waals surface area contributed by atoms with Crippen LogP contribution < -0.4 is 15.8 Å². The second kappa shape index (κ2) is 18.5. The molecule has 1 atom stereocenters. The first kappa shape index (κ1) is 36.1. The van der Waals surface area contributed by atoms with E-state index >= 15 is 0 Å². The molecule has 2 N–H and O–H groups in total. The number of carbonyl (C=O) groups excluding carboxylic acids is 1. The van der Waals surface area contributed by atoms with E-state index in [1.165, 1.54) is 22.3 Å². The molecule has 1 amide bonds. The molecule has 0 aliphatic rings. The Morgan fingerprint density at radius 1 is 0.750 bits per heavy atom. The van der Waals surface area contributed by atoms with Gasteiger partial charge in [-0.3, -0.25) is 5.01 Å². The summed E-state index contributed by atoms with van der Waals surface area (Å²) >= 11 is 4.33. The van der Waals surface area contributed by atoms with Crippen molar-refractivity contribution in [3.63, 3.8) is 0 Å². The Balaban J connectivity index is 0.000000235. The van der Waals surface area contributed by atoms with Gasteiger partial charge < -0.3 is 10.1 Å². The van der Waals surface area contributed by atoms with Crippen LogP contribution in [0, 0.1) is 6.92 Å². The SMILES string of the molecule is Cc1cccc(C=CN(NC(CCS)NC(=O)OC(C)(C)C)c2ccccc2)c1.c1ccc(C(c2ccccc2)c2ccccc2)cc1. The third-order valence-corrected chi connectivity index (χ3v) is 7.55. The molecule has 1 unspecified atom stereocenters. The summed E-state index contributed by atoms with van der Waals surface area (Å²) in [7, 11) is 0. The maximum Gasteiger partial charge on any atom is 0.408 e. The number of amides is 1. The summed E-state index contributed by atoms with van der Waals surface area (Å²) in [6.45, 7) is 7.59. The number of benzene rings is 5. The Labute approximate surface area is 292 Å². The molecule has 0 bridgehead atoms. The van der Waals surface area contributed by atoms with Crippen molar-refractivity contribution in [3.8, 4) is 0 Å². The van der Waals surface area contributed by atoms with Crippen molar-refractivity contribution in [1.82, 2.24) is 10.7 Å². The fourth-order valence-corrected chi connectivity index (χ4v) is 5.41. The van der Waals surface area contributed by atoms with Crippen molar-refractivity contribution in [2.24, 2.45) is 0 Å². The quantitative estimate of drug-likeness (QED) is 0.0573. The van der Waals surface area contributed by atoms with Crippen molar-refractivity contribution >= 4 is 30.5 Å². The fraction of sp³-hybridized carbons (Fsp3) is 0.214. The van der Waals surface area contributed by atoms with Crippen molar-refractivity contribution in [2.75, 3.05) is 10.8 Å². The molecule has 0 saturated heterocycles. The van der Waals surface area contributed by atoms with Gasteiger partial charge in [0.25, 0.3) is 0 Å². The summed E-state index contributed by atoms with van der Waals surface area (Å²) in [4.78, 5) is 12.2. The summed E-state index contributed by atoms with van der Waals surface area (Å²) in [5.74, 6) is 0.918. The van der Waals surface area contributed by atoms with Gasteiger partial charge in [-0.1, -0.05) is 139 Å². The third-order valence-electron chi connectivity index (χ3n) is 7.29. The number of para-hydroxylation sites is 1. The van der Waals surface area contributed by atoms with Gasteiger partial charge in [-0.25, -0.2) is 10.2 Å². The minimum Gasteiger partial charge on any atom is -0.444 e. The van der Waals surface area contributed by atoms with Crippen molar-refractivity contribution in [3.05, 3.63) is 180 Å². The number of aryl methyl sites for hydroxylation is 1. The first-order valence-electron chi connectivity index (χ1n) is 16.3. The van der Waals surface area contributed by atoms with Gasteiger partial charge in [0.15, 0.2) is 0 Å². The monoisotopic (exact) mass is 657 g/mol. The topological polar surface area (TPSA) is 53.6 Å². The van der Waals surface area contributed by atoms with Crippen molar-refractivity contribution < 1.29 is 9.53 Å². The summed E-state index contributed by atoms with van der Waals surface area (Å²) in [6.07, 6.45) is 3.80. The summed E-state index contributed by atoms with van der Waals surface area (Å²) in [6, 6.07) is 50.2. The van der Waals surface area contributed by atoms with Crippen LogP contribution in [-0.4, -0.2) is 23.6 Å². The third kappa shape index (κ3) is 12.1. The Hall–Kier alpha value is -4.78. The molecule has 248 valence electrons. The number of nitrogens with zero attached hydrogens (tertiary/aromatic N) is 1. The highest BCUT2D eigenvalue weighted by Crippen LogP contribution is 2.31. The van der Waals surface area contributed by atoms with E-state index in [4.69, 9.17) is 4.74 Å². The van der Waals surface area contributed by atoms with Crippen molar-refractivity contribution in [1.29, 1.82) is 0 Å². The normalized spacial score (nSPS) is 11.8. The Morgan fingerprint density at radius 3 is 1.71 bits per heavy atom. The maximum absolute atomic E-state index is 12.2. The van der Waals surface area contributed by atoms with E-state index in [-0.39, 0.29) is 6.17 Å². The lowest BCUT2D eigenvalue weighted by Crippen LogP contribution is -2.52. The Morgan fingerprint density at radius 2 is 1.25 bits per heavy atom. The molecule has 0 fully saturated rings. The van der Waals surface area contributed by atoms with Crippen molar-refractivity contribution in [2.45, 2.75) is 51.8 Å². The zero-order chi connectivity index (χ0) is 34.2. The molecule has 6 heteroatoms. The van der Waals surface area contributed by atoms with Crippen LogP contribution in [0.3, 0.4) is 0 Å². The van der Waals surface area contributed by atoms with Crippen LogP contribution in [0.15, 0.2) is 152 Å². The molecule has 0 spiro atoms. The van der Waals surface area contributed by atoms with E-state index in [0.29, 0.717) is 18.1 Å². The van der Waals surface area contributed by atoms with Gasteiger partial charge in [0.2, 0.25) is 0 Å². The molecule has 0 aliphatic carbocycles. The second-order valence-electron chi connectivity index (χ2n) is 12.4. The predicted molar refractivity (Wildman–Crippen MR) is 204 cm³/mol. The lowest BCUT2D eigenvalue weighted by atomic mass is 9.85. The maximum atomic E-state index is 12.2. The zero-order valence-corrected chi connectivity index (χ0v) is 29.2. The van der Waals surface area contributed by atoms with E-state index in [2.05, 4.69) is 139 Å². The number of rotatable bonds is 11. The van der Waals surface area contributed by atoms with Crippen LogP contribution in [0.2, 0.25) is 0 Å². The summed E-state index contributed by atoms with van der Waals surface area (Å²) < 4.78 is 5.39. The average molecular weight is 658 g/mol. The highest BCUT2D eigenvalue weighted by molar-refractivity contribution is 7.80. The lowest BCUT2D eigenvalue weighted by molar-refractivity contribution is 0.0493. The van der Waals surface area contributed by atoms with E-state index in [9.17, 15) is 4.79 Å². The standard InChI is InChI=1S/C23H31N3O2S.C19H16/c1-18-9-8-10-19(17-18)13-15-26(20-11-6-5-7-12-20)25-21(14-16-29)24-22(27)28-23(2,3)4;1-4-10-16(11-5-1)19(17-12-6-2-7-13-17)18-14-8-3-9-15-18/h5-13,15,17,21,25,29H,14,16H2,1-4H3,(H,24,27);1-15,19H. The van der Waals surface area contributed by atoms with Gasteiger partial charge in [-0.05, 0) is 80.3 Å². The second-order valence-corrected chi connectivity index (χ2v) is 12.9. The first-order valence-corrected chi connectivity index (χ1v) is 17.0. The number of nitrogens with one attached hydrogen (secondary N) is 2. The van der Waals surface area contributed by atoms with E-state index < -0.39 is 11.7 Å². The zero-order valence-electron chi connectivity index (χ0n) is 28.3. The van der Waals surface area contributed by atoms with Crippen LogP contribution >= 0.6 is 12.6 Å². The molecule has 0 aromatic heterocycles. The van der Waals surface area contributed by atoms with Crippen LogP contribution in [0.25, 0.3) is 6.08 Å². The molecule has 0 saturated carbocycles. The van der Waals surface area contributed by atoms with Gasteiger partial charge >= 0.3 is 6.09 Å². The number of carbonyl (C=O) groups is 1. The summed E-state index contributed by atoms with van der Waals surface area (Å²) in [5, 5.41) is 4.78. The molecule has 0 aliphatic heterocycles. The molecule has 5 aromatic carbocycles. The smallest absolute Gasteiger partial charge is 0.408 e. The van der Waals surface area contributed by atoms with E-state index in [1.807, 2.05) is 74.5 Å². The van der Waals surface area contributed by atoms with Gasteiger partial charge in [0.05, 0.1) is 5.69 Å². The molecule has 5 aromatic rings. The molecule has 5 rings (SSSR count). The molecular formula is C42H47N3O2S. The van der Waals surface area contributed by atoms with Gasteiger partial charge in [-0.15, -0.1) is 0 Å². The molecule has 5 nitrogen and oxygen atoms in total. The number of hydrazine groups is 1.